The number of nitrogen functional groups attached to an aromatic ring is 1. The molecule has 0 unspecified atom stereocenters. The van der Waals surface area contributed by atoms with Crippen molar-refractivity contribution in [1.29, 1.82) is 0 Å². The number of alkyl halides is 3. The smallest absolute Gasteiger partial charge is 0.382 e. The van der Waals surface area contributed by atoms with Gasteiger partial charge in [0.25, 0.3) is 0 Å². The van der Waals surface area contributed by atoms with Gasteiger partial charge in [-0.05, 0) is 0 Å². The van der Waals surface area contributed by atoms with Crippen molar-refractivity contribution in [3.05, 3.63) is 41.3 Å². The lowest BCUT2D eigenvalue weighted by atomic mass is 10.2. The first-order valence-electron chi connectivity index (χ1n) is 4.78. The van der Waals surface area contributed by atoms with Gasteiger partial charge in [-0.2, -0.15) is 18.3 Å². The van der Waals surface area contributed by atoms with E-state index in [1.807, 2.05) is 0 Å². The Balaban J connectivity index is 2.69. The summed E-state index contributed by atoms with van der Waals surface area (Å²) >= 11 is 0. The molecule has 1 aromatic heterocycles. The van der Waals surface area contributed by atoms with Crippen LogP contribution in [0.3, 0.4) is 0 Å². The number of aromatic nitrogens is 2. The zero-order valence-electron chi connectivity index (χ0n) is 8.97. The molecule has 102 valence electrons. The molecule has 2 aromatic rings. The third kappa shape index (κ3) is 2.35. The molecule has 0 bridgehead atoms. The molecule has 0 fully saturated rings. The first-order valence-corrected chi connectivity index (χ1v) is 4.78. The molecule has 0 saturated heterocycles. The van der Waals surface area contributed by atoms with E-state index in [9.17, 15) is 26.3 Å². The van der Waals surface area contributed by atoms with Crippen molar-refractivity contribution in [2.45, 2.75) is 6.18 Å². The zero-order chi connectivity index (χ0) is 14.4. The molecule has 2 rings (SSSR count). The Morgan fingerprint density at radius 2 is 1.53 bits per heavy atom. The molecular formula is C10H5F6N3. The van der Waals surface area contributed by atoms with Gasteiger partial charge in [0, 0.05) is 18.2 Å². The molecule has 9 heteroatoms. The van der Waals surface area contributed by atoms with Crippen molar-refractivity contribution in [2.75, 3.05) is 5.73 Å². The topological polar surface area (TPSA) is 43.8 Å². The fraction of sp³-hybridized carbons (Fsp3) is 0.100. The van der Waals surface area contributed by atoms with Crippen LogP contribution in [0.2, 0.25) is 0 Å². The minimum absolute atomic E-state index is 0.0766. The lowest BCUT2D eigenvalue weighted by Gasteiger charge is -2.11. The van der Waals surface area contributed by atoms with Crippen molar-refractivity contribution in [3.8, 4) is 5.69 Å². The SMILES string of the molecule is Nc1cc(C(F)(F)F)n(-c2cc(F)c(F)cc2F)n1. The molecule has 3 nitrogen and oxygen atoms in total. The number of anilines is 1. The highest BCUT2D eigenvalue weighted by Gasteiger charge is 2.36. The maximum Gasteiger partial charge on any atom is 0.433 e. The number of nitrogens with two attached hydrogens (primary N) is 1. The highest BCUT2D eigenvalue weighted by atomic mass is 19.4. The molecule has 0 aliphatic carbocycles. The van der Waals surface area contributed by atoms with Crippen LogP contribution in [0, 0.1) is 17.5 Å². The van der Waals surface area contributed by atoms with E-state index < -0.39 is 40.8 Å². The van der Waals surface area contributed by atoms with E-state index >= 15 is 0 Å². The standard InChI is InChI=1S/C10H5F6N3/c11-4-1-6(13)7(2-5(4)12)19-8(10(14,15)16)3-9(17)18-19/h1-3H,(H2,17,18). The quantitative estimate of drug-likeness (QED) is 0.645. The van der Waals surface area contributed by atoms with Gasteiger partial charge in [-0.25, -0.2) is 17.9 Å². The Hall–Kier alpha value is -2.19. The molecule has 0 radical (unpaired) electrons. The maximum absolute atomic E-state index is 13.4. The molecule has 1 aromatic carbocycles. The molecule has 0 spiro atoms. The second kappa shape index (κ2) is 4.18. The van der Waals surface area contributed by atoms with Gasteiger partial charge in [0.1, 0.15) is 11.5 Å². The second-order valence-electron chi connectivity index (χ2n) is 3.58. The minimum Gasteiger partial charge on any atom is -0.382 e. The molecule has 0 aliphatic heterocycles. The molecule has 1 heterocycles. The predicted octanol–water partition coefficient (Wildman–Crippen LogP) is 2.89. The Kier molecular flexibility index (Phi) is 2.91. The van der Waals surface area contributed by atoms with E-state index in [1.54, 1.807) is 0 Å². The fourth-order valence-electron chi connectivity index (χ4n) is 1.46. The lowest BCUT2D eigenvalue weighted by Crippen LogP contribution is -2.14. The molecule has 19 heavy (non-hydrogen) atoms. The third-order valence-electron chi connectivity index (χ3n) is 2.24. The molecule has 0 saturated carbocycles. The van der Waals surface area contributed by atoms with Crippen LogP contribution in [0.1, 0.15) is 5.69 Å². The Morgan fingerprint density at radius 3 is 2.11 bits per heavy atom. The summed E-state index contributed by atoms with van der Waals surface area (Å²) in [6.07, 6.45) is -4.87. The van der Waals surface area contributed by atoms with Crippen molar-refractivity contribution in [3.63, 3.8) is 0 Å². The second-order valence-corrected chi connectivity index (χ2v) is 3.58. The summed E-state index contributed by atoms with van der Waals surface area (Å²) in [6, 6.07) is 0.857. The van der Waals surface area contributed by atoms with E-state index in [4.69, 9.17) is 5.73 Å². The van der Waals surface area contributed by atoms with Gasteiger partial charge in [0.15, 0.2) is 23.1 Å². The van der Waals surface area contributed by atoms with Crippen molar-refractivity contribution in [2.24, 2.45) is 0 Å². The van der Waals surface area contributed by atoms with E-state index in [0.717, 1.165) is 0 Å². The Labute approximate surface area is 102 Å². The number of hydrogen-bond donors (Lipinski definition) is 1. The van der Waals surface area contributed by atoms with Gasteiger partial charge < -0.3 is 5.73 Å². The summed E-state index contributed by atoms with van der Waals surface area (Å²) in [6.45, 7) is 0. The summed E-state index contributed by atoms with van der Waals surface area (Å²) in [5.41, 5.74) is 2.83. The summed E-state index contributed by atoms with van der Waals surface area (Å²) in [5.74, 6) is -4.95. The van der Waals surface area contributed by atoms with Gasteiger partial charge in [-0.15, -0.1) is 0 Å². The van der Waals surface area contributed by atoms with Crippen LogP contribution in [0.15, 0.2) is 18.2 Å². The van der Waals surface area contributed by atoms with Gasteiger partial charge in [-0.3, -0.25) is 0 Å². The van der Waals surface area contributed by atoms with Crippen LogP contribution >= 0.6 is 0 Å². The average molecular weight is 281 g/mol. The monoisotopic (exact) mass is 281 g/mol. The van der Waals surface area contributed by atoms with E-state index in [-0.39, 0.29) is 16.8 Å². The first kappa shape index (κ1) is 13.2. The van der Waals surface area contributed by atoms with E-state index in [2.05, 4.69) is 5.10 Å². The predicted molar refractivity (Wildman–Crippen MR) is 52.9 cm³/mol. The summed E-state index contributed by atoms with van der Waals surface area (Å²) in [5, 5.41) is 3.22. The fourth-order valence-corrected chi connectivity index (χ4v) is 1.46. The maximum atomic E-state index is 13.4. The van der Waals surface area contributed by atoms with Crippen LogP contribution in [0.25, 0.3) is 5.69 Å². The number of halogens is 6. The number of nitrogens with zero attached hydrogens (tertiary/aromatic N) is 2. The van der Waals surface area contributed by atoms with Crippen LogP contribution in [0.5, 0.6) is 0 Å². The molecule has 0 atom stereocenters. The summed E-state index contributed by atoms with van der Waals surface area (Å²) in [4.78, 5) is 0. The zero-order valence-corrected chi connectivity index (χ0v) is 8.97. The lowest BCUT2D eigenvalue weighted by molar-refractivity contribution is -0.142. The van der Waals surface area contributed by atoms with Crippen LogP contribution in [-0.4, -0.2) is 9.78 Å². The highest BCUT2D eigenvalue weighted by Crippen LogP contribution is 2.33. The highest BCUT2D eigenvalue weighted by molar-refractivity contribution is 5.41. The number of benzene rings is 1. The molecule has 0 aliphatic rings. The van der Waals surface area contributed by atoms with Crippen LogP contribution in [0.4, 0.5) is 32.2 Å². The van der Waals surface area contributed by atoms with Gasteiger partial charge in [0.05, 0.1) is 0 Å². The largest absolute Gasteiger partial charge is 0.433 e. The van der Waals surface area contributed by atoms with Crippen molar-refractivity contribution >= 4 is 5.82 Å². The van der Waals surface area contributed by atoms with E-state index in [1.165, 1.54) is 0 Å². The molecule has 0 amide bonds. The van der Waals surface area contributed by atoms with E-state index in [0.29, 0.717) is 6.07 Å². The minimum atomic E-state index is -4.87. The van der Waals surface area contributed by atoms with Crippen LogP contribution in [-0.2, 0) is 6.18 Å². The summed E-state index contributed by atoms with van der Waals surface area (Å²) < 4.78 is 77.2. The normalized spacial score (nSPS) is 11.9. The first-order chi connectivity index (χ1) is 8.70. The van der Waals surface area contributed by atoms with Crippen molar-refractivity contribution < 1.29 is 26.3 Å². The van der Waals surface area contributed by atoms with Gasteiger partial charge >= 0.3 is 6.18 Å². The van der Waals surface area contributed by atoms with Crippen LogP contribution < -0.4 is 5.73 Å². The molecular weight excluding hydrogens is 276 g/mol. The van der Waals surface area contributed by atoms with Gasteiger partial charge in [-0.1, -0.05) is 0 Å². The van der Waals surface area contributed by atoms with Gasteiger partial charge in [0.2, 0.25) is 0 Å². The van der Waals surface area contributed by atoms with Crippen molar-refractivity contribution in [1.82, 2.24) is 9.78 Å². The average Bonchev–Trinajstić information content (AvgIpc) is 2.65. The number of rotatable bonds is 1. The Bertz CT molecular complexity index is 631. The third-order valence-corrected chi connectivity index (χ3v) is 2.24. The molecule has 2 N–H and O–H groups in total. The summed E-state index contributed by atoms with van der Waals surface area (Å²) in [7, 11) is 0. The Morgan fingerprint density at radius 1 is 0.947 bits per heavy atom. The number of hydrogen-bond acceptors (Lipinski definition) is 2.